The Morgan fingerprint density at radius 2 is 2.04 bits per heavy atom. The number of aliphatic carboxylic acids is 1. The van der Waals surface area contributed by atoms with E-state index in [1.165, 1.54) is 16.7 Å². The average molecular weight is 334 g/mol. The second kappa shape index (κ2) is 7.44. The Morgan fingerprint density at radius 3 is 2.72 bits per heavy atom. The Balaban J connectivity index is 1.74. The van der Waals surface area contributed by atoms with E-state index in [1.54, 1.807) is 6.92 Å². The predicted molar refractivity (Wildman–Crippen MR) is 97.8 cm³/mol. The summed E-state index contributed by atoms with van der Waals surface area (Å²) < 4.78 is 6.18. The van der Waals surface area contributed by atoms with E-state index in [4.69, 9.17) is 9.84 Å². The summed E-state index contributed by atoms with van der Waals surface area (Å²) in [4.78, 5) is 11.0. The molecular weight excluding hydrogens is 312 g/mol. The van der Waals surface area contributed by atoms with Gasteiger partial charge < -0.3 is 9.84 Å². The number of hydrogen-bond donors (Lipinski definition) is 1. The largest absolute Gasteiger partial charge is 0.486 e. The zero-order valence-electron chi connectivity index (χ0n) is 14.6. The summed E-state index contributed by atoms with van der Waals surface area (Å²) in [5, 5.41) is 9.04. The number of carbonyl (C=O) groups is 1. The van der Waals surface area contributed by atoms with Crippen LogP contribution in [0, 0.1) is 18.8 Å². The highest BCUT2D eigenvalue weighted by Crippen LogP contribution is 2.36. The number of carboxylic acids is 1. The lowest BCUT2D eigenvalue weighted by Gasteiger charge is -2.16. The van der Waals surface area contributed by atoms with Crippen LogP contribution in [0.2, 0.25) is 0 Å². The first kappa shape index (κ1) is 17.1. The quantitative estimate of drug-likeness (QED) is 0.810. The minimum absolute atomic E-state index is 0.0102. The molecule has 2 atom stereocenters. The molecule has 0 bridgehead atoms. The first-order chi connectivity index (χ1) is 12.1. The molecule has 0 aliphatic heterocycles. The molecule has 0 saturated heterocycles. The minimum Gasteiger partial charge on any atom is -0.486 e. The highest BCUT2D eigenvalue weighted by molar-refractivity contribution is 5.69. The molecule has 1 N–H and O–H groups in total. The molecular formula is C22H22O3. The number of ether oxygens (including phenoxy) is 1. The summed E-state index contributed by atoms with van der Waals surface area (Å²) in [5.74, 6) is 5.47. The molecule has 0 fully saturated rings. The monoisotopic (exact) mass is 334 g/mol. The van der Waals surface area contributed by atoms with Gasteiger partial charge in [-0.2, -0.15) is 0 Å². The third-order valence-corrected chi connectivity index (χ3v) is 4.71. The van der Waals surface area contributed by atoms with E-state index in [0.717, 1.165) is 24.2 Å². The lowest BCUT2D eigenvalue weighted by Crippen LogP contribution is -2.06. The zero-order valence-corrected chi connectivity index (χ0v) is 14.6. The van der Waals surface area contributed by atoms with Gasteiger partial charge in [0.25, 0.3) is 0 Å². The van der Waals surface area contributed by atoms with Gasteiger partial charge in [0.05, 0.1) is 12.3 Å². The lowest BCUT2D eigenvalue weighted by atomic mass is 9.96. The van der Waals surface area contributed by atoms with Gasteiger partial charge in [0, 0.05) is 0 Å². The van der Waals surface area contributed by atoms with Gasteiger partial charge in [0.1, 0.15) is 11.9 Å². The van der Waals surface area contributed by atoms with Crippen LogP contribution in [0.3, 0.4) is 0 Å². The molecule has 2 aromatic carbocycles. The van der Waals surface area contributed by atoms with Crippen LogP contribution in [0.1, 0.15) is 54.0 Å². The standard InChI is InChI=1S/C22H22O3/c1-3-5-17(14-22(23)24)16-8-10-18(11-9-16)25-21-13-12-19-15(2)6-4-7-20(19)21/h4,6-11,17,21H,12-14H2,1-2H3,(H,23,24). The molecule has 0 radical (unpaired) electrons. The maximum atomic E-state index is 11.0. The van der Waals surface area contributed by atoms with E-state index >= 15 is 0 Å². The number of benzene rings is 2. The molecule has 0 aromatic heterocycles. The molecule has 0 saturated carbocycles. The van der Waals surface area contributed by atoms with Crippen molar-refractivity contribution in [2.45, 2.75) is 45.1 Å². The molecule has 3 nitrogen and oxygen atoms in total. The summed E-state index contributed by atoms with van der Waals surface area (Å²) in [7, 11) is 0. The van der Waals surface area contributed by atoms with Gasteiger partial charge in [-0.05, 0) is 61.1 Å². The van der Waals surface area contributed by atoms with Crippen LogP contribution in [0.25, 0.3) is 0 Å². The van der Waals surface area contributed by atoms with Crippen LogP contribution in [0.4, 0.5) is 0 Å². The van der Waals surface area contributed by atoms with E-state index in [-0.39, 0.29) is 18.4 Å². The smallest absolute Gasteiger partial charge is 0.304 e. The van der Waals surface area contributed by atoms with Crippen molar-refractivity contribution in [2.75, 3.05) is 0 Å². The van der Waals surface area contributed by atoms with Crippen molar-refractivity contribution in [3.8, 4) is 17.6 Å². The maximum Gasteiger partial charge on any atom is 0.304 e. The van der Waals surface area contributed by atoms with Crippen molar-refractivity contribution in [2.24, 2.45) is 0 Å². The van der Waals surface area contributed by atoms with Crippen LogP contribution in [-0.4, -0.2) is 11.1 Å². The highest BCUT2D eigenvalue weighted by atomic mass is 16.5. The van der Waals surface area contributed by atoms with E-state index in [1.807, 2.05) is 24.3 Å². The number of fused-ring (bicyclic) bond motifs is 1. The van der Waals surface area contributed by atoms with Crippen molar-refractivity contribution in [3.05, 3.63) is 64.7 Å². The van der Waals surface area contributed by atoms with E-state index in [0.29, 0.717) is 0 Å². The summed E-state index contributed by atoms with van der Waals surface area (Å²) in [5.41, 5.74) is 4.92. The summed E-state index contributed by atoms with van der Waals surface area (Å²) in [6.45, 7) is 3.87. The second-order valence-corrected chi connectivity index (χ2v) is 6.40. The highest BCUT2D eigenvalue weighted by Gasteiger charge is 2.25. The normalized spacial score (nSPS) is 16.5. The topological polar surface area (TPSA) is 46.5 Å². The first-order valence-electron chi connectivity index (χ1n) is 8.57. The molecule has 0 spiro atoms. The molecule has 0 heterocycles. The van der Waals surface area contributed by atoms with E-state index < -0.39 is 5.97 Å². The lowest BCUT2D eigenvalue weighted by molar-refractivity contribution is -0.137. The molecule has 128 valence electrons. The Bertz CT molecular complexity index is 825. The van der Waals surface area contributed by atoms with Crippen molar-refractivity contribution < 1.29 is 14.6 Å². The van der Waals surface area contributed by atoms with Gasteiger partial charge >= 0.3 is 5.97 Å². The van der Waals surface area contributed by atoms with Gasteiger partial charge in [-0.25, -0.2) is 0 Å². The van der Waals surface area contributed by atoms with Crippen LogP contribution < -0.4 is 4.74 Å². The summed E-state index contributed by atoms with van der Waals surface area (Å²) >= 11 is 0. The Kier molecular flexibility index (Phi) is 5.09. The molecule has 1 aliphatic rings. The third-order valence-electron chi connectivity index (χ3n) is 4.71. The number of aryl methyl sites for hydroxylation is 1. The average Bonchev–Trinajstić information content (AvgIpc) is 2.99. The van der Waals surface area contributed by atoms with E-state index in [2.05, 4.69) is 37.0 Å². The molecule has 3 heteroatoms. The number of carboxylic acid groups (broad SMARTS) is 1. The van der Waals surface area contributed by atoms with Crippen LogP contribution in [-0.2, 0) is 11.2 Å². The summed E-state index contributed by atoms with van der Waals surface area (Å²) in [6.07, 6.45) is 2.14. The second-order valence-electron chi connectivity index (χ2n) is 6.40. The fourth-order valence-corrected chi connectivity index (χ4v) is 3.47. The minimum atomic E-state index is -0.842. The summed E-state index contributed by atoms with van der Waals surface area (Å²) in [6, 6.07) is 14.0. The van der Waals surface area contributed by atoms with Crippen LogP contribution in [0.15, 0.2) is 42.5 Å². The van der Waals surface area contributed by atoms with Crippen molar-refractivity contribution in [1.29, 1.82) is 0 Å². The SMILES string of the molecule is CC#CC(CC(=O)O)c1ccc(OC2CCc3c(C)cccc32)cc1. The fourth-order valence-electron chi connectivity index (χ4n) is 3.47. The molecule has 1 aliphatic carbocycles. The zero-order chi connectivity index (χ0) is 17.8. The molecule has 2 aromatic rings. The van der Waals surface area contributed by atoms with Gasteiger partial charge in [-0.3, -0.25) is 4.79 Å². The van der Waals surface area contributed by atoms with Gasteiger partial charge in [-0.15, -0.1) is 5.92 Å². The molecule has 0 amide bonds. The number of rotatable bonds is 5. The van der Waals surface area contributed by atoms with Crippen molar-refractivity contribution in [1.82, 2.24) is 0 Å². The fraction of sp³-hybridized carbons (Fsp3) is 0.318. The van der Waals surface area contributed by atoms with Crippen LogP contribution in [0.5, 0.6) is 5.75 Å². The van der Waals surface area contributed by atoms with E-state index in [9.17, 15) is 4.79 Å². The van der Waals surface area contributed by atoms with Crippen molar-refractivity contribution >= 4 is 5.97 Å². The maximum absolute atomic E-state index is 11.0. The van der Waals surface area contributed by atoms with Gasteiger partial charge in [0.15, 0.2) is 0 Å². The molecule has 25 heavy (non-hydrogen) atoms. The van der Waals surface area contributed by atoms with Gasteiger partial charge in [0.2, 0.25) is 0 Å². The predicted octanol–water partition coefficient (Wildman–Crippen LogP) is 4.64. The number of hydrogen-bond acceptors (Lipinski definition) is 2. The van der Waals surface area contributed by atoms with Crippen LogP contribution >= 0.6 is 0 Å². The van der Waals surface area contributed by atoms with Gasteiger partial charge in [-0.1, -0.05) is 36.3 Å². The Morgan fingerprint density at radius 1 is 1.28 bits per heavy atom. The Labute approximate surface area is 148 Å². The Hall–Kier alpha value is -2.73. The first-order valence-corrected chi connectivity index (χ1v) is 8.57. The van der Waals surface area contributed by atoms with Crippen molar-refractivity contribution in [3.63, 3.8) is 0 Å². The molecule has 2 unspecified atom stereocenters. The molecule has 3 rings (SSSR count). The third kappa shape index (κ3) is 3.85.